The molecule has 234 valence electrons. The molecular formula is C42H40BNO2S. The normalized spacial score (nSPS) is 11.6. The standard InChI is InChI=1S/C24H20B.C18H20NO2S/c1-5-13-21(14-6-1)25(22-15-7-2-8-16-22,23-17-9-3-10-18-23)24-19-11-4-12-20-24;1-19(2,9-10-20)12-13-7-8-17-15(11-13)18(21)14-5-3-4-6-16(14)22-17/h1-20H;3-8,11,20H,9-10,12H2,1-2H3/q-1;+1. The lowest BCUT2D eigenvalue weighted by atomic mass is 9.13. The number of hydrogen-bond donors (Lipinski definition) is 1. The first-order valence-electron chi connectivity index (χ1n) is 16.2. The van der Waals surface area contributed by atoms with Crippen LogP contribution in [0.5, 0.6) is 0 Å². The molecular weight excluding hydrogens is 593 g/mol. The van der Waals surface area contributed by atoms with E-state index in [1.165, 1.54) is 21.9 Å². The van der Waals surface area contributed by atoms with E-state index in [0.29, 0.717) is 11.0 Å². The second-order valence-corrected chi connectivity index (χ2v) is 13.9. The molecule has 0 unspecified atom stereocenters. The highest BCUT2D eigenvalue weighted by Gasteiger charge is 2.31. The van der Waals surface area contributed by atoms with E-state index in [1.807, 2.05) is 36.4 Å². The minimum Gasteiger partial charge on any atom is -0.391 e. The molecule has 1 heterocycles. The molecule has 47 heavy (non-hydrogen) atoms. The number of hydrogen-bond acceptors (Lipinski definition) is 3. The summed E-state index contributed by atoms with van der Waals surface area (Å²) in [6.07, 6.45) is -1.22. The smallest absolute Gasteiger partial charge is 0.195 e. The van der Waals surface area contributed by atoms with E-state index in [9.17, 15) is 4.79 Å². The van der Waals surface area contributed by atoms with E-state index < -0.39 is 6.15 Å². The number of aliphatic hydroxyl groups excluding tert-OH is 1. The minimum atomic E-state index is -1.22. The maximum absolute atomic E-state index is 12.7. The fourth-order valence-corrected chi connectivity index (χ4v) is 7.97. The van der Waals surface area contributed by atoms with Crippen LogP contribution in [0.25, 0.3) is 20.2 Å². The van der Waals surface area contributed by atoms with Gasteiger partial charge in [-0.1, -0.05) is 140 Å². The Morgan fingerprint density at radius 3 is 1.45 bits per heavy atom. The van der Waals surface area contributed by atoms with Gasteiger partial charge in [-0.15, -0.1) is 11.3 Å². The molecule has 0 aliphatic carbocycles. The van der Waals surface area contributed by atoms with E-state index >= 15 is 0 Å². The Bertz CT molecular complexity index is 1950. The van der Waals surface area contributed by atoms with Crippen LogP contribution in [0.2, 0.25) is 0 Å². The van der Waals surface area contributed by atoms with Gasteiger partial charge < -0.3 is 9.59 Å². The molecule has 5 heteroatoms. The first-order valence-corrected chi connectivity index (χ1v) is 17.0. The quantitative estimate of drug-likeness (QED) is 0.126. The predicted molar refractivity (Wildman–Crippen MR) is 203 cm³/mol. The summed E-state index contributed by atoms with van der Waals surface area (Å²) in [4.78, 5) is 12.7. The molecule has 0 fully saturated rings. The highest BCUT2D eigenvalue weighted by Crippen LogP contribution is 2.26. The van der Waals surface area contributed by atoms with Gasteiger partial charge in [0.15, 0.2) is 5.43 Å². The van der Waals surface area contributed by atoms with Crippen molar-refractivity contribution in [3.05, 3.63) is 180 Å². The topological polar surface area (TPSA) is 37.3 Å². The molecule has 0 amide bonds. The van der Waals surface area contributed by atoms with Crippen molar-refractivity contribution in [1.82, 2.24) is 0 Å². The van der Waals surface area contributed by atoms with Gasteiger partial charge in [0, 0.05) is 25.7 Å². The summed E-state index contributed by atoms with van der Waals surface area (Å²) in [6.45, 7) is 1.66. The first-order chi connectivity index (χ1) is 22.9. The minimum absolute atomic E-state index is 0.110. The van der Waals surface area contributed by atoms with Gasteiger partial charge in [0.05, 0.1) is 20.7 Å². The van der Waals surface area contributed by atoms with E-state index in [1.54, 1.807) is 11.3 Å². The molecule has 0 bridgehead atoms. The Morgan fingerprint density at radius 1 is 0.553 bits per heavy atom. The first kappa shape index (κ1) is 32.1. The van der Waals surface area contributed by atoms with E-state index in [0.717, 1.165) is 32.3 Å². The molecule has 0 aliphatic rings. The number of likely N-dealkylation sites (N-methyl/N-ethyl adjacent to an activating group) is 1. The third-order valence-electron chi connectivity index (χ3n) is 9.15. The van der Waals surface area contributed by atoms with Crippen LogP contribution in [0, 0.1) is 0 Å². The van der Waals surface area contributed by atoms with Gasteiger partial charge in [0.2, 0.25) is 0 Å². The van der Waals surface area contributed by atoms with Crippen LogP contribution in [0.4, 0.5) is 0 Å². The average molecular weight is 634 g/mol. The molecule has 1 N–H and O–H groups in total. The largest absolute Gasteiger partial charge is 0.391 e. The zero-order valence-corrected chi connectivity index (χ0v) is 27.8. The lowest BCUT2D eigenvalue weighted by Gasteiger charge is -2.44. The summed E-state index contributed by atoms with van der Waals surface area (Å²) in [6, 6.07) is 57.4. The third-order valence-corrected chi connectivity index (χ3v) is 10.3. The third kappa shape index (κ3) is 6.84. The molecule has 0 radical (unpaired) electrons. The zero-order chi connectivity index (χ0) is 32.7. The van der Waals surface area contributed by atoms with Gasteiger partial charge >= 0.3 is 0 Å². The highest BCUT2D eigenvalue weighted by atomic mass is 32.1. The lowest BCUT2D eigenvalue weighted by Crippen LogP contribution is -2.74. The molecule has 0 aliphatic heterocycles. The Labute approximate surface area is 281 Å². The van der Waals surface area contributed by atoms with Crippen molar-refractivity contribution < 1.29 is 9.59 Å². The van der Waals surface area contributed by atoms with Crippen molar-refractivity contribution in [2.45, 2.75) is 6.54 Å². The van der Waals surface area contributed by atoms with Crippen LogP contribution in [-0.2, 0) is 6.54 Å². The van der Waals surface area contributed by atoms with Gasteiger partial charge in [-0.05, 0) is 24.3 Å². The van der Waals surface area contributed by atoms with E-state index in [-0.39, 0.29) is 12.0 Å². The highest BCUT2D eigenvalue weighted by molar-refractivity contribution is 7.24. The van der Waals surface area contributed by atoms with Crippen LogP contribution < -0.4 is 27.3 Å². The Kier molecular flexibility index (Phi) is 9.79. The molecule has 6 aromatic carbocycles. The van der Waals surface area contributed by atoms with Crippen molar-refractivity contribution >= 4 is 59.5 Å². The fourth-order valence-electron chi connectivity index (χ4n) is 6.91. The zero-order valence-electron chi connectivity index (χ0n) is 27.0. The summed E-state index contributed by atoms with van der Waals surface area (Å²) in [5, 5.41) is 10.7. The van der Waals surface area contributed by atoms with E-state index in [4.69, 9.17) is 5.11 Å². The van der Waals surface area contributed by atoms with Crippen molar-refractivity contribution in [2.24, 2.45) is 0 Å². The summed E-state index contributed by atoms with van der Waals surface area (Å²) in [5.41, 5.74) is 6.60. The number of quaternary nitrogens is 1. The Morgan fingerprint density at radius 2 is 0.979 bits per heavy atom. The maximum atomic E-state index is 12.7. The molecule has 7 aromatic rings. The second kappa shape index (κ2) is 14.3. The number of benzene rings is 6. The summed E-state index contributed by atoms with van der Waals surface area (Å²) in [5.74, 6) is 0. The molecule has 0 atom stereocenters. The van der Waals surface area contributed by atoms with Crippen molar-refractivity contribution in [3.63, 3.8) is 0 Å². The molecule has 0 saturated heterocycles. The SMILES string of the molecule is C[N+](C)(CCO)Cc1ccc2sc3ccccc3c(=O)c2c1.c1ccc([B-](c2ccccc2)(c2ccccc2)c2ccccc2)cc1. The van der Waals surface area contributed by atoms with Crippen molar-refractivity contribution in [3.8, 4) is 0 Å². The molecule has 0 spiro atoms. The van der Waals surface area contributed by atoms with Crippen LogP contribution in [0.15, 0.2) is 169 Å². The van der Waals surface area contributed by atoms with Gasteiger partial charge in [0.1, 0.15) is 19.2 Å². The average Bonchev–Trinajstić information content (AvgIpc) is 3.11. The van der Waals surface area contributed by atoms with Crippen LogP contribution in [0.3, 0.4) is 0 Å². The van der Waals surface area contributed by atoms with Gasteiger partial charge in [-0.25, -0.2) is 0 Å². The lowest BCUT2D eigenvalue weighted by molar-refractivity contribution is -0.903. The molecule has 0 saturated carbocycles. The monoisotopic (exact) mass is 633 g/mol. The molecule has 7 rings (SSSR count). The van der Waals surface area contributed by atoms with E-state index in [2.05, 4.69) is 141 Å². The Hall–Kier alpha value is -4.81. The second-order valence-electron chi connectivity index (χ2n) is 12.8. The van der Waals surface area contributed by atoms with Gasteiger partial charge in [0.25, 0.3) is 0 Å². The maximum Gasteiger partial charge on any atom is 0.195 e. The number of aliphatic hydroxyl groups is 1. The molecule has 1 aromatic heterocycles. The number of fused-ring (bicyclic) bond motifs is 2. The van der Waals surface area contributed by atoms with Gasteiger partial charge in [-0.2, -0.15) is 21.9 Å². The van der Waals surface area contributed by atoms with Crippen LogP contribution >= 0.6 is 11.3 Å². The summed E-state index contributed by atoms with van der Waals surface area (Å²) < 4.78 is 2.76. The van der Waals surface area contributed by atoms with Crippen LogP contribution in [-0.4, -0.2) is 43.0 Å². The predicted octanol–water partition coefficient (Wildman–Crippen LogP) is 6.05. The Balaban J connectivity index is 0.000000166. The van der Waals surface area contributed by atoms with Crippen LogP contribution in [0.1, 0.15) is 5.56 Å². The van der Waals surface area contributed by atoms with Crippen molar-refractivity contribution in [1.29, 1.82) is 0 Å². The fraction of sp³-hybridized carbons (Fsp3) is 0.119. The van der Waals surface area contributed by atoms with Gasteiger partial charge in [-0.3, -0.25) is 4.79 Å². The molecule has 3 nitrogen and oxygen atoms in total. The number of nitrogens with zero attached hydrogens (tertiary/aromatic N) is 1. The van der Waals surface area contributed by atoms with Crippen molar-refractivity contribution in [2.75, 3.05) is 27.2 Å². The summed E-state index contributed by atoms with van der Waals surface area (Å²) in [7, 11) is 4.17. The number of rotatable bonds is 8. The summed E-state index contributed by atoms with van der Waals surface area (Å²) >= 11 is 1.66.